The Labute approximate surface area is 66.4 Å². The predicted octanol–water partition coefficient (Wildman–Crippen LogP) is 1.61. The Balaban J connectivity index is 2.83. The first-order chi connectivity index (χ1) is 5.24. The number of ether oxygens (including phenoxy) is 1. The highest BCUT2D eigenvalue weighted by Gasteiger charge is 2.00. The van der Waals surface area contributed by atoms with Crippen LogP contribution in [0.3, 0.4) is 0 Å². The van der Waals surface area contributed by atoms with E-state index in [1.165, 1.54) is 0 Å². The van der Waals surface area contributed by atoms with Crippen molar-refractivity contribution in [3.63, 3.8) is 0 Å². The molecule has 0 N–H and O–H groups in total. The van der Waals surface area contributed by atoms with E-state index in [1.807, 2.05) is 0 Å². The molecule has 1 heterocycles. The average molecular weight is 152 g/mol. The van der Waals surface area contributed by atoms with Crippen LogP contribution < -0.4 is 4.74 Å². The van der Waals surface area contributed by atoms with Gasteiger partial charge in [0.25, 0.3) is 0 Å². The molecule has 0 saturated carbocycles. The van der Waals surface area contributed by atoms with Gasteiger partial charge in [0.2, 0.25) is 5.88 Å². The average Bonchev–Trinajstić information content (AvgIpc) is 2.05. The molecule has 0 amide bonds. The zero-order valence-electron chi connectivity index (χ0n) is 7.03. The van der Waals surface area contributed by atoms with Gasteiger partial charge in [-0.25, -0.2) is 4.98 Å². The van der Waals surface area contributed by atoms with Crippen molar-refractivity contribution in [3.05, 3.63) is 18.1 Å². The number of aromatic nitrogens is 2. The van der Waals surface area contributed by atoms with Gasteiger partial charge in [-0.1, -0.05) is 13.8 Å². The zero-order valence-corrected chi connectivity index (χ0v) is 7.03. The van der Waals surface area contributed by atoms with Crippen molar-refractivity contribution in [2.75, 3.05) is 7.11 Å². The lowest BCUT2D eigenvalue weighted by atomic mass is 10.1. The number of methoxy groups -OCH3 is 1. The largest absolute Gasteiger partial charge is 0.480 e. The molecule has 0 saturated heterocycles. The highest BCUT2D eigenvalue weighted by Crippen LogP contribution is 2.11. The third-order valence-electron chi connectivity index (χ3n) is 1.45. The molecule has 1 aromatic heterocycles. The molecule has 0 atom stereocenters. The number of hydrogen-bond donors (Lipinski definition) is 0. The van der Waals surface area contributed by atoms with Crippen LogP contribution >= 0.6 is 0 Å². The Hall–Kier alpha value is -1.12. The Kier molecular flexibility index (Phi) is 2.41. The summed E-state index contributed by atoms with van der Waals surface area (Å²) >= 11 is 0. The normalized spacial score (nSPS) is 10.2. The summed E-state index contributed by atoms with van der Waals surface area (Å²) in [5.41, 5.74) is 0.991. The number of rotatable bonds is 2. The van der Waals surface area contributed by atoms with Crippen LogP contribution in [0.4, 0.5) is 0 Å². The fourth-order valence-corrected chi connectivity index (χ4v) is 0.730. The van der Waals surface area contributed by atoms with E-state index in [1.54, 1.807) is 19.5 Å². The summed E-state index contributed by atoms with van der Waals surface area (Å²) in [4.78, 5) is 8.20. The van der Waals surface area contributed by atoms with Gasteiger partial charge in [-0.05, 0) is 5.92 Å². The molecule has 0 spiro atoms. The first-order valence-corrected chi connectivity index (χ1v) is 3.60. The molecule has 0 fully saturated rings. The maximum absolute atomic E-state index is 4.88. The Morgan fingerprint density at radius 2 is 2.00 bits per heavy atom. The maximum Gasteiger partial charge on any atom is 0.231 e. The Bertz CT molecular complexity index is 218. The third-order valence-corrected chi connectivity index (χ3v) is 1.45. The van der Waals surface area contributed by atoms with Crippen LogP contribution in [0.5, 0.6) is 5.88 Å². The molecule has 0 unspecified atom stereocenters. The summed E-state index contributed by atoms with van der Waals surface area (Å²) in [6.45, 7) is 4.16. The topological polar surface area (TPSA) is 35.0 Å². The van der Waals surface area contributed by atoms with Crippen molar-refractivity contribution in [1.82, 2.24) is 9.97 Å². The summed E-state index contributed by atoms with van der Waals surface area (Å²) in [5, 5.41) is 0. The maximum atomic E-state index is 4.88. The van der Waals surface area contributed by atoms with Gasteiger partial charge in [-0.2, -0.15) is 0 Å². The van der Waals surface area contributed by atoms with E-state index >= 15 is 0 Å². The van der Waals surface area contributed by atoms with Crippen LogP contribution in [0.1, 0.15) is 25.5 Å². The van der Waals surface area contributed by atoms with E-state index in [-0.39, 0.29) is 0 Å². The van der Waals surface area contributed by atoms with E-state index in [0.29, 0.717) is 11.8 Å². The minimum absolute atomic E-state index is 0.424. The second-order valence-corrected chi connectivity index (χ2v) is 2.64. The second-order valence-electron chi connectivity index (χ2n) is 2.64. The van der Waals surface area contributed by atoms with Gasteiger partial charge in [-0.3, -0.25) is 4.98 Å². The van der Waals surface area contributed by atoms with E-state index in [4.69, 9.17) is 4.74 Å². The standard InChI is InChI=1S/C8H12N2O/c1-6(2)7-4-10-8(11-3)5-9-7/h4-6H,1-3H3. The van der Waals surface area contributed by atoms with Crippen molar-refractivity contribution in [2.45, 2.75) is 19.8 Å². The lowest BCUT2D eigenvalue weighted by Crippen LogP contribution is -1.95. The van der Waals surface area contributed by atoms with Gasteiger partial charge in [0, 0.05) is 0 Å². The van der Waals surface area contributed by atoms with E-state index in [0.717, 1.165) is 5.69 Å². The van der Waals surface area contributed by atoms with Crippen LogP contribution in [-0.2, 0) is 0 Å². The molecule has 3 heteroatoms. The highest BCUT2D eigenvalue weighted by atomic mass is 16.5. The lowest BCUT2D eigenvalue weighted by molar-refractivity contribution is 0.395. The SMILES string of the molecule is COc1cnc(C(C)C)cn1. The molecule has 0 bridgehead atoms. The summed E-state index contributed by atoms with van der Waals surface area (Å²) in [6, 6.07) is 0. The molecule has 1 aromatic rings. The van der Waals surface area contributed by atoms with Crippen molar-refractivity contribution in [2.24, 2.45) is 0 Å². The number of nitrogens with zero attached hydrogens (tertiary/aromatic N) is 2. The van der Waals surface area contributed by atoms with Crippen LogP contribution in [0.2, 0.25) is 0 Å². The van der Waals surface area contributed by atoms with E-state index < -0.39 is 0 Å². The fraction of sp³-hybridized carbons (Fsp3) is 0.500. The van der Waals surface area contributed by atoms with Gasteiger partial charge in [0.05, 0.1) is 25.2 Å². The molecule has 11 heavy (non-hydrogen) atoms. The minimum Gasteiger partial charge on any atom is -0.480 e. The van der Waals surface area contributed by atoms with Crippen molar-refractivity contribution >= 4 is 0 Å². The first kappa shape index (κ1) is 7.98. The molecule has 0 radical (unpaired) electrons. The predicted molar refractivity (Wildman–Crippen MR) is 42.7 cm³/mol. The first-order valence-electron chi connectivity index (χ1n) is 3.60. The second kappa shape index (κ2) is 3.32. The summed E-state index contributed by atoms with van der Waals surface area (Å²) in [5.74, 6) is 0.989. The van der Waals surface area contributed by atoms with Gasteiger partial charge in [0.1, 0.15) is 0 Å². The molecular formula is C8H12N2O. The molecule has 0 aliphatic heterocycles. The van der Waals surface area contributed by atoms with Crippen molar-refractivity contribution in [3.8, 4) is 5.88 Å². The fourth-order valence-electron chi connectivity index (χ4n) is 0.730. The Morgan fingerprint density at radius 3 is 2.36 bits per heavy atom. The molecule has 0 aliphatic rings. The summed E-state index contributed by atoms with van der Waals surface area (Å²) in [7, 11) is 1.58. The van der Waals surface area contributed by atoms with E-state index in [9.17, 15) is 0 Å². The molecular weight excluding hydrogens is 140 g/mol. The van der Waals surface area contributed by atoms with Crippen molar-refractivity contribution in [1.29, 1.82) is 0 Å². The summed E-state index contributed by atoms with van der Waals surface area (Å²) in [6.07, 6.45) is 3.37. The van der Waals surface area contributed by atoms with Crippen LogP contribution in [0, 0.1) is 0 Å². The lowest BCUT2D eigenvalue weighted by Gasteiger charge is -2.03. The Morgan fingerprint density at radius 1 is 1.27 bits per heavy atom. The molecule has 60 valence electrons. The monoisotopic (exact) mass is 152 g/mol. The van der Waals surface area contributed by atoms with Gasteiger partial charge < -0.3 is 4.74 Å². The minimum atomic E-state index is 0.424. The van der Waals surface area contributed by atoms with Gasteiger partial charge >= 0.3 is 0 Å². The van der Waals surface area contributed by atoms with Crippen LogP contribution in [0.25, 0.3) is 0 Å². The smallest absolute Gasteiger partial charge is 0.231 e. The van der Waals surface area contributed by atoms with Crippen LogP contribution in [-0.4, -0.2) is 17.1 Å². The van der Waals surface area contributed by atoms with Crippen LogP contribution in [0.15, 0.2) is 12.4 Å². The molecule has 0 aliphatic carbocycles. The highest BCUT2D eigenvalue weighted by molar-refractivity contribution is 5.09. The third kappa shape index (κ3) is 1.90. The van der Waals surface area contributed by atoms with Gasteiger partial charge in [-0.15, -0.1) is 0 Å². The quantitative estimate of drug-likeness (QED) is 0.645. The van der Waals surface area contributed by atoms with Gasteiger partial charge in [0.15, 0.2) is 0 Å². The number of hydrogen-bond acceptors (Lipinski definition) is 3. The van der Waals surface area contributed by atoms with Crippen molar-refractivity contribution < 1.29 is 4.74 Å². The zero-order chi connectivity index (χ0) is 8.27. The molecule has 3 nitrogen and oxygen atoms in total. The molecule has 1 rings (SSSR count). The molecule has 0 aromatic carbocycles. The van der Waals surface area contributed by atoms with E-state index in [2.05, 4.69) is 23.8 Å². The summed E-state index contributed by atoms with van der Waals surface area (Å²) < 4.78 is 4.88.